The van der Waals surface area contributed by atoms with Gasteiger partial charge in [0.1, 0.15) is 0 Å². The highest BCUT2D eigenvalue weighted by atomic mass is 28.3. The van der Waals surface area contributed by atoms with Crippen LogP contribution in [0.2, 0.25) is 25.7 Å². The van der Waals surface area contributed by atoms with Gasteiger partial charge in [-0.15, -0.1) is 0 Å². The van der Waals surface area contributed by atoms with Gasteiger partial charge in [-0.25, -0.2) is 0 Å². The van der Waals surface area contributed by atoms with E-state index in [9.17, 15) is 9.59 Å². The molecule has 5 heteroatoms. The molecule has 4 nitrogen and oxygen atoms in total. The summed E-state index contributed by atoms with van der Waals surface area (Å²) in [6.45, 7) is 8.26. The lowest BCUT2D eigenvalue weighted by Crippen LogP contribution is -2.22. The molecule has 0 N–H and O–H groups in total. The van der Waals surface area contributed by atoms with Gasteiger partial charge in [-0.3, -0.25) is 9.59 Å². The minimum atomic E-state index is -1.08. The molecule has 1 aliphatic carbocycles. The highest BCUT2D eigenvalue weighted by molar-refractivity contribution is 6.76. The summed E-state index contributed by atoms with van der Waals surface area (Å²) in [5.74, 6) is -0.0891. The molecule has 0 bridgehead atoms. The van der Waals surface area contributed by atoms with Crippen molar-refractivity contribution in [3.8, 4) is 0 Å². The average Bonchev–Trinajstić information content (AvgIpc) is 2.41. The van der Waals surface area contributed by atoms with E-state index in [0.717, 1.165) is 36.6 Å². The van der Waals surface area contributed by atoms with Crippen molar-refractivity contribution in [3.05, 3.63) is 11.1 Å². The van der Waals surface area contributed by atoms with Gasteiger partial charge in [0.2, 0.25) is 0 Å². The topological polar surface area (TPSA) is 52.6 Å². The lowest BCUT2D eigenvalue weighted by atomic mass is 9.88. The van der Waals surface area contributed by atoms with Gasteiger partial charge in [-0.2, -0.15) is 0 Å². The van der Waals surface area contributed by atoms with E-state index in [1.165, 1.54) is 7.11 Å². The Labute approximate surface area is 128 Å². The number of allylic oxidation sites excluding steroid dienone is 1. The van der Waals surface area contributed by atoms with Crippen molar-refractivity contribution in [2.75, 3.05) is 20.3 Å². The first-order chi connectivity index (χ1) is 9.83. The third-order valence-electron chi connectivity index (χ3n) is 3.73. The summed E-state index contributed by atoms with van der Waals surface area (Å²) in [5.41, 5.74) is 1.89. The van der Waals surface area contributed by atoms with Crippen molar-refractivity contribution in [3.63, 3.8) is 0 Å². The van der Waals surface area contributed by atoms with Crippen LogP contribution in [0.5, 0.6) is 0 Å². The van der Waals surface area contributed by atoms with Gasteiger partial charge in [-0.05, 0) is 36.5 Å². The quantitative estimate of drug-likeness (QED) is 0.392. The molecule has 0 heterocycles. The Morgan fingerprint density at radius 2 is 1.95 bits per heavy atom. The van der Waals surface area contributed by atoms with Gasteiger partial charge in [-0.1, -0.05) is 19.6 Å². The molecule has 0 unspecified atom stereocenters. The molecule has 0 spiro atoms. The third kappa shape index (κ3) is 7.04. The SMILES string of the molecule is COC(=O)CCC1=C(COCC[Si](C)(C)C)CCCC1=O. The molecule has 0 fully saturated rings. The number of methoxy groups -OCH3 is 1. The van der Waals surface area contributed by atoms with E-state index in [-0.39, 0.29) is 18.2 Å². The van der Waals surface area contributed by atoms with Crippen LogP contribution in [0.3, 0.4) is 0 Å². The molecule has 0 aliphatic heterocycles. The number of carbonyl (C=O) groups excluding carboxylic acids is 2. The number of hydrogen-bond acceptors (Lipinski definition) is 4. The summed E-state index contributed by atoms with van der Waals surface area (Å²) in [6, 6.07) is 1.13. The zero-order valence-electron chi connectivity index (χ0n) is 13.8. The van der Waals surface area contributed by atoms with Gasteiger partial charge >= 0.3 is 5.97 Å². The normalized spacial score (nSPS) is 16.3. The Balaban J connectivity index is 2.55. The molecule has 0 aromatic heterocycles. The number of esters is 1. The lowest BCUT2D eigenvalue weighted by Gasteiger charge is -2.20. The van der Waals surface area contributed by atoms with Crippen molar-refractivity contribution in [2.24, 2.45) is 0 Å². The van der Waals surface area contributed by atoms with E-state index in [0.29, 0.717) is 19.4 Å². The van der Waals surface area contributed by atoms with Crippen LogP contribution in [0.15, 0.2) is 11.1 Å². The number of hydrogen-bond donors (Lipinski definition) is 0. The molecule has 0 aromatic carbocycles. The first-order valence-electron chi connectivity index (χ1n) is 7.72. The standard InChI is InChI=1S/C16H28O4Si/c1-19-16(18)9-8-14-13(6-5-7-15(14)17)12-20-10-11-21(2,3)4/h5-12H2,1-4H3. The summed E-state index contributed by atoms with van der Waals surface area (Å²) < 4.78 is 10.4. The molecular weight excluding hydrogens is 284 g/mol. The maximum absolute atomic E-state index is 12.0. The molecule has 0 radical (unpaired) electrons. The van der Waals surface area contributed by atoms with E-state index >= 15 is 0 Å². The Kier molecular flexibility index (Phi) is 7.32. The first-order valence-corrected chi connectivity index (χ1v) is 11.4. The van der Waals surface area contributed by atoms with Crippen molar-refractivity contribution in [1.82, 2.24) is 0 Å². The summed E-state index contributed by atoms with van der Waals surface area (Å²) >= 11 is 0. The number of carbonyl (C=O) groups is 2. The smallest absolute Gasteiger partial charge is 0.305 e. The minimum Gasteiger partial charge on any atom is -0.469 e. The van der Waals surface area contributed by atoms with Crippen LogP contribution in [0.1, 0.15) is 32.1 Å². The fourth-order valence-electron chi connectivity index (χ4n) is 2.34. The lowest BCUT2D eigenvalue weighted by molar-refractivity contribution is -0.140. The summed E-state index contributed by atoms with van der Waals surface area (Å²) in [5, 5.41) is 0. The largest absolute Gasteiger partial charge is 0.469 e. The van der Waals surface area contributed by atoms with Gasteiger partial charge in [0.15, 0.2) is 5.78 Å². The molecule has 0 amide bonds. The van der Waals surface area contributed by atoms with Gasteiger partial charge in [0, 0.05) is 27.5 Å². The molecular formula is C16H28O4Si. The van der Waals surface area contributed by atoms with Gasteiger partial charge in [0.25, 0.3) is 0 Å². The summed E-state index contributed by atoms with van der Waals surface area (Å²) in [6.07, 6.45) is 3.16. The zero-order valence-corrected chi connectivity index (χ0v) is 14.8. The van der Waals surface area contributed by atoms with Crippen LogP contribution in [-0.4, -0.2) is 40.1 Å². The molecule has 0 atom stereocenters. The van der Waals surface area contributed by atoms with Crippen LogP contribution < -0.4 is 0 Å². The Hall–Kier alpha value is -0.943. The van der Waals surface area contributed by atoms with Gasteiger partial charge < -0.3 is 9.47 Å². The van der Waals surface area contributed by atoms with E-state index in [2.05, 4.69) is 24.4 Å². The van der Waals surface area contributed by atoms with E-state index in [1.54, 1.807) is 0 Å². The summed E-state index contributed by atoms with van der Waals surface area (Å²) in [7, 11) is 0.296. The number of rotatable bonds is 8. The third-order valence-corrected chi connectivity index (χ3v) is 5.43. The van der Waals surface area contributed by atoms with Crippen molar-refractivity contribution >= 4 is 19.8 Å². The van der Waals surface area contributed by atoms with Crippen LogP contribution >= 0.6 is 0 Å². The second kappa shape index (κ2) is 8.49. The number of ether oxygens (including phenoxy) is 2. The Morgan fingerprint density at radius 1 is 1.24 bits per heavy atom. The first kappa shape index (κ1) is 18.1. The van der Waals surface area contributed by atoms with E-state index in [4.69, 9.17) is 4.74 Å². The molecule has 21 heavy (non-hydrogen) atoms. The van der Waals surface area contributed by atoms with Crippen molar-refractivity contribution in [2.45, 2.75) is 57.8 Å². The fraction of sp³-hybridized carbons (Fsp3) is 0.750. The monoisotopic (exact) mass is 312 g/mol. The summed E-state index contributed by atoms with van der Waals surface area (Å²) in [4.78, 5) is 23.3. The second-order valence-electron chi connectivity index (χ2n) is 6.80. The van der Waals surface area contributed by atoms with Gasteiger partial charge in [0.05, 0.1) is 13.7 Å². The molecule has 0 saturated carbocycles. The predicted octanol–water partition coefficient (Wildman–Crippen LogP) is 3.34. The molecule has 1 rings (SSSR count). The molecule has 0 saturated heterocycles. The second-order valence-corrected chi connectivity index (χ2v) is 12.4. The van der Waals surface area contributed by atoms with Crippen LogP contribution in [0, 0.1) is 0 Å². The number of Topliss-reactive ketones (excluding diaryl/α,β-unsaturated/α-hetero) is 1. The maximum Gasteiger partial charge on any atom is 0.305 e. The van der Waals surface area contributed by atoms with Crippen molar-refractivity contribution < 1.29 is 19.1 Å². The highest BCUT2D eigenvalue weighted by Crippen LogP contribution is 2.26. The zero-order chi connectivity index (χ0) is 15.9. The van der Waals surface area contributed by atoms with Crippen LogP contribution in [0.25, 0.3) is 0 Å². The Bertz CT molecular complexity index is 407. The maximum atomic E-state index is 12.0. The fourth-order valence-corrected chi connectivity index (χ4v) is 3.10. The highest BCUT2D eigenvalue weighted by Gasteiger charge is 2.21. The average molecular weight is 312 g/mol. The van der Waals surface area contributed by atoms with Crippen LogP contribution in [-0.2, 0) is 19.1 Å². The van der Waals surface area contributed by atoms with Crippen LogP contribution in [0.4, 0.5) is 0 Å². The predicted molar refractivity (Wildman–Crippen MR) is 86.1 cm³/mol. The minimum absolute atomic E-state index is 0.175. The van der Waals surface area contributed by atoms with E-state index < -0.39 is 8.07 Å². The molecule has 0 aromatic rings. The number of ketones is 1. The molecule has 120 valence electrons. The molecule has 1 aliphatic rings. The van der Waals surface area contributed by atoms with E-state index in [1.807, 2.05) is 0 Å². The Morgan fingerprint density at radius 3 is 2.57 bits per heavy atom. The van der Waals surface area contributed by atoms with Crippen molar-refractivity contribution in [1.29, 1.82) is 0 Å².